The molecule has 2 aromatic carbocycles. The van der Waals surface area contributed by atoms with Crippen molar-refractivity contribution in [2.24, 2.45) is 0 Å². The average Bonchev–Trinajstić information content (AvgIpc) is 3.05. The molecular formula is C20H24N2O4S. The molecule has 0 aliphatic carbocycles. The minimum atomic E-state index is -3.27. The molecule has 6 nitrogen and oxygen atoms in total. The largest absolute Gasteiger partial charge is 0.497 e. The Morgan fingerprint density at radius 3 is 2.52 bits per heavy atom. The summed E-state index contributed by atoms with van der Waals surface area (Å²) in [5.41, 5.74) is 2.05. The number of rotatable bonds is 6. The molecule has 0 unspecified atom stereocenters. The lowest BCUT2D eigenvalue weighted by Gasteiger charge is -2.23. The van der Waals surface area contributed by atoms with E-state index in [1.807, 2.05) is 31.2 Å². The lowest BCUT2D eigenvalue weighted by Crippen LogP contribution is -2.31. The topological polar surface area (TPSA) is 66.9 Å². The van der Waals surface area contributed by atoms with Crippen LogP contribution in [0.1, 0.15) is 29.3 Å². The van der Waals surface area contributed by atoms with Crippen molar-refractivity contribution in [3.63, 3.8) is 0 Å². The summed E-state index contributed by atoms with van der Waals surface area (Å²) in [5.74, 6) is 0.809. The molecule has 0 saturated carbocycles. The van der Waals surface area contributed by atoms with E-state index in [1.165, 1.54) is 4.31 Å². The normalized spacial score (nSPS) is 15.6. The first kappa shape index (κ1) is 19.2. The van der Waals surface area contributed by atoms with Gasteiger partial charge in [0.1, 0.15) is 5.75 Å². The van der Waals surface area contributed by atoms with E-state index in [2.05, 4.69) is 0 Å². The van der Waals surface area contributed by atoms with Crippen molar-refractivity contribution < 1.29 is 17.9 Å². The molecule has 0 N–H and O–H groups in total. The maximum absolute atomic E-state index is 13.0. The minimum Gasteiger partial charge on any atom is -0.497 e. The molecule has 0 atom stereocenters. The van der Waals surface area contributed by atoms with Crippen molar-refractivity contribution in [1.82, 2.24) is 4.90 Å². The Bertz CT molecular complexity index is 910. The van der Waals surface area contributed by atoms with E-state index in [1.54, 1.807) is 36.3 Å². The van der Waals surface area contributed by atoms with E-state index in [0.29, 0.717) is 37.3 Å². The molecule has 144 valence electrons. The molecule has 0 aromatic heterocycles. The first-order valence-corrected chi connectivity index (χ1v) is 10.6. The van der Waals surface area contributed by atoms with Crippen LogP contribution in [0.5, 0.6) is 5.75 Å². The van der Waals surface area contributed by atoms with E-state index < -0.39 is 10.0 Å². The van der Waals surface area contributed by atoms with Gasteiger partial charge < -0.3 is 9.64 Å². The van der Waals surface area contributed by atoms with Gasteiger partial charge in [0.2, 0.25) is 10.0 Å². The third-order valence-electron chi connectivity index (χ3n) is 4.68. The van der Waals surface area contributed by atoms with Crippen LogP contribution >= 0.6 is 0 Å². The predicted molar refractivity (Wildman–Crippen MR) is 106 cm³/mol. The number of carbonyl (C=O) groups is 1. The van der Waals surface area contributed by atoms with Crippen LogP contribution in [0.25, 0.3) is 0 Å². The van der Waals surface area contributed by atoms with Crippen LogP contribution in [0.4, 0.5) is 5.69 Å². The van der Waals surface area contributed by atoms with Gasteiger partial charge in [-0.3, -0.25) is 9.10 Å². The third kappa shape index (κ3) is 4.24. The van der Waals surface area contributed by atoms with Gasteiger partial charge in [-0.2, -0.15) is 0 Å². The average molecular weight is 388 g/mol. The number of hydrogen-bond donors (Lipinski definition) is 0. The van der Waals surface area contributed by atoms with Gasteiger partial charge in [0.15, 0.2) is 0 Å². The number of amides is 1. The quantitative estimate of drug-likeness (QED) is 0.763. The molecule has 1 fully saturated rings. The number of hydrogen-bond acceptors (Lipinski definition) is 4. The van der Waals surface area contributed by atoms with Crippen molar-refractivity contribution in [1.29, 1.82) is 0 Å². The van der Waals surface area contributed by atoms with Gasteiger partial charge in [0.05, 0.1) is 18.6 Å². The summed E-state index contributed by atoms with van der Waals surface area (Å²) in [6.45, 7) is 3.42. The molecule has 3 rings (SSSR count). The number of methoxy groups -OCH3 is 1. The maximum Gasteiger partial charge on any atom is 0.254 e. The highest BCUT2D eigenvalue weighted by molar-refractivity contribution is 7.93. The first-order valence-electron chi connectivity index (χ1n) is 8.97. The zero-order valence-electron chi connectivity index (χ0n) is 15.6. The van der Waals surface area contributed by atoms with Crippen LogP contribution in [0.2, 0.25) is 0 Å². The van der Waals surface area contributed by atoms with Crippen LogP contribution in [0.15, 0.2) is 48.5 Å². The summed E-state index contributed by atoms with van der Waals surface area (Å²) in [4.78, 5) is 14.7. The second kappa shape index (κ2) is 8.00. The Labute approximate surface area is 160 Å². The molecular weight excluding hydrogens is 364 g/mol. The summed E-state index contributed by atoms with van der Waals surface area (Å²) < 4.78 is 30.8. The molecule has 2 aromatic rings. The highest BCUT2D eigenvalue weighted by atomic mass is 32.2. The van der Waals surface area contributed by atoms with Crippen molar-refractivity contribution in [2.45, 2.75) is 19.9 Å². The zero-order valence-corrected chi connectivity index (χ0v) is 16.4. The van der Waals surface area contributed by atoms with E-state index in [0.717, 1.165) is 11.3 Å². The second-order valence-electron chi connectivity index (χ2n) is 6.46. The molecule has 27 heavy (non-hydrogen) atoms. The third-order valence-corrected chi connectivity index (χ3v) is 6.55. The molecule has 1 saturated heterocycles. The summed E-state index contributed by atoms with van der Waals surface area (Å²) in [7, 11) is -1.65. The molecule has 7 heteroatoms. The van der Waals surface area contributed by atoms with Crippen LogP contribution in [0.3, 0.4) is 0 Å². The number of carbonyl (C=O) groups excluding carboxylic acids is 1. The van der Waals surface area contributed by atoms with E-state index in [9.17, 15) is 13.2 Å². The zero-order chi connectivity index (χ0) is 19.4. The standard InChI is InChI=1S/C20H24N2O4S/c1-3-21(15-16-8-10-19(26-2)11-9-16)20(23)17-6-4-7-18(14-17)22-12-5-13-27(22,24)25/h4,6-11,14H,3,5,12-13,15H2,1-2H3. The van der Waals surface area contributed by atoms with Crippen LogP contribution in [0, 0.1) is 0 Å². The molecule has 1 aliphatic heterocycles. The van der Waals surface area contributed by atoms with Gasteiger partial charge in [0, 0.05) is 25.2 Å². The molecule has 0 bridgehead atoms. The van der Waals surface area contributed by atoms with E-state index >= 15 is 0 Å². The fourth-order valence-corrected chi connectivity index (χ4v) is 4.74. The van der Waals surface area contributed by atoms with Crippen molar-refractivity contribution in [3.8, 4) is 5.75 Å². The van der Waals surface area contributed by atoms with Crippen molar-refractivity contribution in [3.05, 3.63) is 59.7 Å². The molecule has 0 radical (unpaired) electrons. The van der Waals surface area contributed by atoms with Crippen LogP contribution in [-0.2, 0) is 16.6 Å². The number of sulfonamides is 1. The fourth-order valence-electron chi connectivity index (χ4n) is 3.18. The highest BCUT2D eigenvalue weighted by Gasteiger charge is 2.29. The highest BCUT2D eigenvalue weighted by Crippen LogP contribution is 2.25. The van der Waals surface area contributed by atoms with Gasteiger partial charge in [-0.15, -0.1) is 0 Å². The first-order chi connectivity index (χ1) is 12.9. The number of anilines is 1. The smallest absolute Gasteiger partial charge is 0.254 e. The maximum atomic E-state index is 13.0. The molecule has 1 aliphatic rings. The number of ether oxygens (including phenoxy) is 1. The van der Waals surface area contributed by atoms with E-state index in [4.69, 9.17) is 4.74 Å². The van der Waals surface area contributed by atoms with Gasteiger partial charge in [-0.1, -0.05) is 18.2 Å². The van der Waals surface area contributed by atoms with Crippen molar-refractivity contribution >= 4 is 21.6 Å². The summed E-state index contributed by atoms with van der Waals surface area (Å²) in [5, 5.41) is 0. The lowest BCUT2D eigenvalue weighted by molar-refractivity contribution is 0.0752. The van der Waals surface area contributed by atoms with E-state index in [-0.39, 0.29) is 11.7 Å². The monoisotopic (exact) mass is 388 g/mol. The van der Waals surface area contributed by atoms with Gasteiger partial charge in [-0.25, -0.2) is 8.42 Å². The second-order valence-corrected chi connectivity index (χ2v) is 8.47. The molecule has 0 spiro atoms. The predicted octanol–water partition coefficient (Wildman–Crippen LogP) is 2.90. The summed E-state index contributed by atoms with van der Waals surface area (Å²) >= 11 is 0. The minimum absolute atomic E-state index is 0.119. The molecule has 1 amide bonds. The van der Waals surface area contributed by atoms with Crippen molar-refractivity contribution in [2.75, 3.05) is 30.3 Å². The van der Waals surface area contributed by atoms with Crippen LogP contribution in [-0.4, -0.2) is 45.2 Å². The van der Waals surface area contributed by atoms with Gasteiger partial charge in [0.25, 0.3) is 5.91 Å². The lowest BCUT2D eigenvalue weighted by atomic mass is 10.1. The number of nitrogens with zero attached hydrogens (tertiary/aromatic N) is 2. The Kier molecular flexibility index (Phi) is 5.70. The molecule has 1 heterocycles. The fraction of sp³-hybridized carbons (Fsp3) is 0.350. The summed E-state index contributed by atoms with van der Waals surface area (Å²) in [6.07, 6.45) is 0.610. The summed E-state index contributed by atoms with van der Waals surface area (Å²) in [6, 6.07) is 14.5. The Balaban J connectivity index is 1.79. The van der Waals surface area contributed by atoms with Gasteiger partial charge in [-0.05, 0) is 49.2 Å². The number of benzene rings is 2. The SMILES string of the molecule is CCN(Cc1ccc(OC)cc1)C(=O)c1cccc(N2CCCS2(=O)=O)c1. The van der Waals surface area contributed by atoms with Gasteiger partial charge >= 0.3 is 0 Å². The Hall–Kier alpha value is -2.54. The Morgan fingerprint density at radius 2 is 1.93 bits per heavy atom. The Morgan fingerprint density at radius 1 is 1.19 bits per heavy atom. The van der Waals surface area contributed by atoms with Crippen LogP contribution < -0.4 is 9.04 Å².